The van der Waals surface area contributed by atoms with Crippen molar-refractivity contribution in [1.82, 2.24) is 4.98 Å². The highest BCUT2D eigenvalue weighted by Gasteiger charge is 2.12. The van der Waals surface area contributed by atoms with Crippen molar-refractivity contribution in [3.63, 3.8) is 0 Å². The SMILES string of the molecule is CC(=O)c1sc(NCC(=O)c2ccc(Cl)cc2)nc1C. The monoisotopic (exact) mass is 308 g/mol. The number of ketones is 2. The number of aromatic nitrogens is 1. The fourth-order valence-corrected chi connectivity index (χ4v) is 2.68. The van der Waals surface area contributed by atoms with E-state index in [1.165, 1.54) is 18.3 Å². The second kappa shape index (κ2) is 6.15. The van der Waals surface area contributed by atoms with Crippen molar-refractivity contribution in [2.45, 2.75) is 13.8 Å². The van der Waals surface area contributed by atoms with Crippen LogP contribution in [0.5, 0.6) is 0 Å². The number of Topliss-reactive ketones (excluding diaryl/α,β-unsaturated/α-hetero) is 2. The Morgan fingerprint density at radius 1 is 1.30 bits per heavy atom. The van der Waals surface area contributed by atoms with Crippen LogP contribution < -0.4 is 5.32 Å². The summed E-state index contributed by atoms with van der Waals surface area (Å²) in [5.74, 6) is -0.0732. The molecular formula is C14H13ClN2O2S. The van der Waals surface area contributed by atoms with Crippen LogP contribution in [-0.2, 0) is 0 Å². The fourth-order valence-electron chi connectivity index (χ4n) is 1.69. The molecule has 0 radical (unpaired) electrons. The van der Waals surface area contributed by atoms with Gasteiger partial charge in [-0.05, 0) is 31.2 Å². The Labute approximate surface area is 125 Å². The molecule has 0 aliphatic carbocycles. The number of nitrogens with one attached hydrogen (secondary N) is 1. The summed E-state index contributed by atoms with van der Waals surface area (Å²) in [6, 6.07) is 6.72. The summed E-state index contributed by atoms with van der Waals surface area (Å²) < 4.78 is 0. The molecule has 1 heterocycles. The number of thiazole rings is 1. The van der Waals surface area contributed by atoms with E-state index in [2.05, 4.69) is 10.3 Å². The summed E-state index contributed by atoms with van der Waals surface area (Å²) >= 11 is 7.03. The van der Waals surface area contributed by atoms with Crippen molar-refractivity contribution in [1.29, 1.82) is 0 Å². The lowest BCUT2D eigenvalue weighted by Crippen LogP contribution is -2.13. The van der Waals surface area contributed by atoms with Gasteiger partial charge in [0.2, 0.25) is 0 Å². The zero-order valence-corrected chi connectivity index (χ0v) is 12.6. The number of nitrogens with zero attached hydrogens (tertiary/aromatic N) is 1. The molecule has 4 nitrogen and oxygen atoms in total. The third-order valence-corrected chi connectivity index (χ3v) is 4.15. The average Bonchev–Trinajstić information content (AvgIpc) is 2.78. The second-order valence-corrected chi connectivity index (χ2v) is 5.71. The van der Waals surface area contributed by atoms with Gasteiger partial charge < -0.3 is 5.32 Å². The van der Waals surface area contributed by atoms with E-state index in [1.54, 1.807) is 31.2 Å². The van der Waals surface area contributed by atoms with Gasteiger partial charge in [-0.3, -0.25) is 9.59 Å². The summed E-state index contributed by atoms with van der Waals surface area (Å²) in [7, 11) is 0. The zero-order valence-electron chi connectivity index (χ0n) is 11.1. The first-order chi connectivity index (χ1) is 9.47. The van der Waals surface area contributed by atoms with E-state index in [4.69, 9.17) is 11.6 Å². The van der Waals surface area contributed by atoms with Crippen LogP contribution in [-0.4, -0.2) is 23.1 Å². The highest BCUT2D eigenvalue weighted by atomic mass is 35.5. The molecule has 6 heteroatoms. The van der Waals surface area contributed by atoms with Gasteiger partial charge in [-0.1, -0.05) is 22.9 Å². The zero-order chi connectivity index (χ0) is 14.7. The van der Waals surface area contributed by atoms with Gasteiger partial charge in [0.15, 0.2) is 16.7 Å². The average molecular weight is 309 g/mol. The second-order valence-electron chi connectivity index (χ2n) is 4.27. The smallest absolute Gasteiger partial charge is 0.183 e. The van der Waals surface area contributed by atoms with Gasteiger partial charge in [0.1, 0.15) is 0 Å². The minimum atomic E-state index is -0.0566. The van der Waals surface area contributed by atoms with Crippen LogP contribution in [0.25, 0.3) is 0 Å². The Hall–Kier alpha value is -1.72. The highest BCUT2D eigenvalue weighted by Crippen LogP contribution is 2.22. The minimum absolute atomic E-state index is 0.0166. The Morgan fingerprint density at radius 2 is 1.95 bits per heavy atom. The lowest BCUT2D eigenvalue weighted by molar-refractivity contribution is 0.100. The van der Waals surface area contributed by atoms with Crippen LogP contribution in [0.2, 0.25) is 5.02 Å². The van der Waals surface area contributed by atoms with E-state index in [9.17, 15) is 9.59 Å². The normalized spacial score (nSPS) is 10.3. The third kappa shape index (κ3) is 3.43. The number of hydrogen-bond donors (Lipinski definition) is 1. The minimum Gasteiger partial charge on any atom is -0.354 e. The van der Waals surface area contributed by atoms with E-state index in [-0.39, 0.29) is 18.1 Å². The lowest BCUT2D eigenvalue weighted by atomic mass is 10.1. The standard InChI is InChI=1S/C14H13ClN2O2S/c1-8-13(9(2)18)20-14(17-8)16-7-12(19)10-3-5-11(15)6-4-10/h3-6H,7H2,1-2H3,(H,16,17). The van der Waals surface area contributed by atoms with Crippen LogP contribution >= 0.6 is 22.9 Å². The van der Waals surface area contributed by atoms with E-state index in [0.29, 0.717) is 26.3 Å². The maximum absolute atomic E-state index is 12.0. The maximum Gasteiger partial charge on any atom is 0.183 e. The van der Waals surface area contributed by atoms with Crippen molar-refractivity contribution >= 4 is 39.6 Å². The first-order valence-electron chi connectivity index (χ1n) is 5.98. The lowest BCUT2D eigenvalue weighted by Gasteiger charge is -2.02. The predicted octanol–water partition coefficient (Wildman–Crippen LogP) is 3.60. The number of rotatable bonds is 5. The van der Waals surface area contributed by atoms with Gasteiger partial charge in [-0.25, -0.2) is 4.98 Å². The van der Waals surface area contributed by atoms with Gasteiger partial charge in [0.25, 0.3) is 0 Å². The van der Waals surface area contributed by atoms with E-state index in [0.717, 1.165) is 0 Å². The summed E-state index contributed by atoms with van der Waals surface area (Å²) in [6.45, 7) is 3.41. The third-order valence-electron chi connectivity index (χ3n) is 2.68. The number of carbonyl (C=O) groups is 2. The van der Waals surface area contributed by atoms with E-state index < -0.39 is 0 Å². The quantitative estimate of drug-likeness (QED) is 0.857. The molecule has 2 rings (SSSR count). The Bertz CT molecular complexity index is 650. The molecular weight excluding hydrogens is 296 g/mol. The van der Waals surface area contributed by atoms with Gasteiger partial charge in [-0.15, -0.1) is 0 Å². The largest absolute Gasteiger partial charge is 0.354 e. The first kappa shape index (κ1) is 14.7. The van der Waals surface area contributed by atoms with Crippen LogP contribution in [0, 0.1) is 6.92 Å². The molecule has 2 aromatic rings. The van der Waals surface area contributed by atoms with Crippen molar-refractivity contribution in [3.05, 3.63) is 45.4 Å². The van der Waals surface area contributed by atoms with Crippen molar-refractivity contribution in [2.75, 3.05) is 11.9 Å². The number of anilines is 1. The summed E-state index contributed by atoms with van der Waals surface area (Å²) in [5.41, 5.74) is 1.27. The predicted molar refractivity (Wildman–Crippen MR) is 81.1 cm³/mol. The Balaban J connectivity index is 2.01. The topological polar surface area (TPSA) is 59.1 Å². The van der Waals surface area contributed by atoms with Gasteiger partial charge >= 0.3 is 0 Å². The molecule has 1 N–H and O–H groups in total. The van der Waals surface area contributed by atoms with Crippen molar-refractivity contribution < 1.29 is 9.59 Å². The van der Waals surface area contributed by atoms with Gasteiger partial charge in [0, 0.05) is 17.5 Å². The molecule has 0 bridgehead atoms. The van der Waals surface area contributed by atoms with Crippen LogP contribution in [0.15, 0.2) is 24.3 Å². The molecule has 0 fully saturated rings. The molecule has 20 heavy (non-hydrogen) atoms. The maximum atomic E-state index is 12.0. The van der Waals surface area contributed by atoms with Gasteiger partial charge in [0.05, 0.1) is 17.1 Å². The van der Waals surface area contributed by atoms with Crippen molar-refractivity contribution in [3.8, 4) is 0 Å². The van der Waals surface area contributed by atoms with Crippen LogP contribution in [0.3, 0.4) is 0 Å². The van der Waals surface area contributed by atoms with E-state index in [1.807, 2.05) is 0 Å². The first-order valence-corrected chi connectivity index (χ1v) is 7.18. The number of hydrogen-bond acceptors (Lipinski definition) is 5. The highest BCUT2D eigenvalue weighted by molar-refractivity contribution is 7.17. The number of halogens is 1. The summed E-state index contributed by atoms with van der Waals surface area (Å²) in [5, 5.41) is 4.12. The molecule has 0 saturated heterocycles. The summed E-state index contributed by atoms with van der Waals surface area (Å²) in [6.07, 6.45) is 0. The van der Waals surface area contributed by atoms with Gasteiger partial charge in [-0.2, -0.15) is 0 Å². The van der Waals surface area contributed by atoms with Crippen molar-refractivity contribution in [2.24, 2.45) is 0 Å². The molecule has 0 saturated carbocycles. The molecule has 1 aromatic carbocycles. The number of benzene rings is 1. The van der Waals surface area contributed by atoms with E-state index >= 15 is 0 Å². The molecule has 0 atom stereocenters. The molecule has 0 aliphatic heterocycles. The molecule has 1 aromatic heterocycles. The van der Waals surface area contributed by atoms with Crippen LogP contribution in [0.1, 0.15) is 32.6 Å². The molecule has 0 amide bonds. The molecule has 104 valence electrons. The Kier molecular flexibility index (Phi) is 4.52. The Morgan fingerprint density at radius 3 is 2.50 bits per heavy atom. The summed E-state index contributed by atoms with van der Waals surface area (Å²) in [4.78, 5) is 28.1. The molecule has 0 spiro atoms. The molecule has 0 aliphatic rings. The number of carbonyl (C=O) groups excluding carboxylic acids is 2. The van der Waals surface area contributed by atoms with Crippen LogP contribution in [0.4, 0.5) is 5.13 Å². The number of aryl methyl sites for hydroxylation is 1. The fraction of sp³-hybridized carbons (Fsp3) is 0.214. The molecule has 0 unspecified atom stereocenters.